The van der Waals surface area contributed by atoms with Gasteiger partial charge in [-0.25, -0.2) is 4.79 Å². The predicted molar refractivity (Wildman–Crippen MR) is 93.0 cm³/mol. The van der Waals surface area contributed by atoms with E-state index in [4.69, 9.17) is 5.73 Å². The van der Waals surface area contributed by atoms with Crippen molar-refractivity contribution in [2.45, 2.75) is 53.2 Å². The molecule has 1 aromatic carbocycles. The van der Waals surface area contributed by atoms with E-state index in [1.54, 1.807) is 12.1 Å². The van der Waals surface area contributed by atoms with E-state index in [9.17, 15) is 9.59 Å². The molecule has 3 amide bonds. The minimum Gasteiger partial charge on any atom is -0.351 e. The topological polar surface area (TPSA) is 96.2 Å². The average Bonchev–Trinajstić information content (AvgIpc) is 2.43. The molecule has 0 bridgehead atoms. The molecule has 1 aromatic rings. The van der Waals surface area contributed by atoms with Gasteiger partial charge < -0.3 is 21.7 Å². The van der Waals surface area contributed by atoms with Gasteiger partial charge in [-0.05, 0) is 37.0 Å². The van der Waals surface area contributed by atoms with Crippen LogP contribution in [0.25, 0.3) is 0 Å². The van der Waals surface area contributed by atoms with Crippen molar-refractivity contribution < 1.29 is 9.59 Å². The van der Waals surface area contributed by atoms with E-state index in [-0.39, 0.29) is 23.4 Å². The Hall–Kier alpha value is -2.08. The Morgan fingerprint density at radius 3 is 2.17 bits per heavy atom. The van der Waals surface area contributed by atoms with Crippen molar-refractivity contribution in [3.8, 4) is 0 Å². The largest absolute Gasteiger partial charge is 0.351 e. The van der Waals surface area contributed by atoms with Gasteiger partial charge in [-0.3, -0.25) is 4.79 Å². The molecule has 23 heavy (non-hydrogen) atoms. The molecule has 0 fully saturated rings. The van der Waals surface area contributed by atoms with Crippen LogP contribution in [0.3, 0.4) is 0 Å². The summed E-state index contributed by atoms with van der Waals surface area (Å²) in [6.07, 6.45) is 0. The van der Waals surface area contributed by atoms with Crippen LogP contribution < -0.4 is 21.7 Å². The summed E-state index contributed by atoms with van der Waals surface area (Å²) in [7, 11) is 0. The number of nitrogens with one attached hydrogen (secondary N) is 3. The summed E-state index contributed by atoms with van der Waals surface area (Å²) in [6.45, 7) is 9.99. The number of anilines is 1. The molecule has 128 valence electrons. The van der Waals surface area contributed by atoms with E-state index < -0.39 is 6.04 Å². The van der Waals surface area contributed by atoms with Crippen molar-refractivity contribution in [3.63, 3.8) is 0 Å². The van der Waals surface area contributed by atoms with Gasteiger partial charge in [-0.2, -0.15) is 0 Å². The van der Waals surface area contributed by atoms with Crippen LogP contribution >= 0.6 is 0 Å². The van der Waals surface area contributed by atoms with Gasteiger partial charge in [0.15, 0.2) is 0 Å². The molecule has 0 spiro atoms. The molecule has 0 radical (unpaired) electrons. The summed E-state index contributed by atoms with van der Waals surface area (Å²) in [6, 6.07) is 6.59. The Morgan fingerprint density at radius 1 is 1.13 bits per heavy atom. The van der Waals surface area contributed by atoms with Crippen molar-refractivity contribution in [2.75, 3.05) is 5.32 Å². The number of hydrogen-bond acceptors (Lipinski definition) is 3. The normalized spacial score (nSPS) is 12.7. The molecule has 0 aromatic heterocycles. The maximum Gasteiger partial charge on any atom is 0.319 e. The fourth-order valence-corrected chi connectivity index (χ4v) is 1.83. The lowest BCUT2D eigenvalue weighted by atomic mass is 9.87. The molecule has 1 rings (SSSR count). The minimum absolute atomic E-state index is 0.0801. The zero-order valence-corrected chi connectivity index (χ0v) is 14.6. The number of amides is 3. The first-order valence-electron chi connectivity index (χ1n) is 7.79. The molecule has 5 N–H and O–H groups in total. The molecule has 6 heteroatoms. The van der Waals surface area contributed by atoms with Gasteiger partial charge >= 0.3 is 6.03 Å². The molecule has 0 aliphatic heterocycles. The van der Waals surface area contributed by atoms with Crippen molar-refractivity contribution in [1.29, 1.82) is 0 Å². The van der Waals surface area contributed by atoms with Crippen LogP contribution in [-0.2, 0) is 11.3 Å². The number of rotatable bonds is 5. The molecule has 0 saturated heterocycles. The summed E-state index contributed by atoms with van der Waals surface area (Å²) in [5.74, 6) is -0.170. The molecule has 0 aliphatic carbocycles. The van der Waals surface area contributed by atoms with Gasteiger partial charge in [0.05, 0.1) is 6.04 Å². The monoisotopic (exact) mass is 320 g/mol. The highest BCUT2D eigenvalue weighted by atomic mass is 16.2. The van der Waals surface area contributed by atoms with E-state index in [1.165, 1.54) is 0 Å². The van der Waals surface area contributed by atoms with Crippen LogP contribution in [0, 0.1) is 5.41 Å². The number of urea groups is 1. The molecule has 1 atom stereocenters. The standard InChI is InChI=1S/C17H28N4O2/c1-11(2)20-16(23)21-13-8-6-12(7-9-13)10-19-15(22)14(18)17(3,4)5/h6-9,11,14H,10,18H2,1-5H3,(H,19,22)(H2,20,21,23)/t14-/m1/s1. The number of nitrogens with two attached hydrogens (primary N) is 1. The lowest BCUT2D eigenvalue weighted by molar-refractivity contribution is -0.124. The number of benzene rings is 1. The Kier molecular flexibility index (Phi) is 6.57. The highest BCUT2D eigenvalue weighted by Gasteiger charge is 2.26. The summed E-state index contributed by atoms with van der Waals surface area (Å²) in [5, 5.41) is 8.33. The van der Waals surface area contributed by atoms with E-state index in [2.05, 4.69) is 16.0 Å². The van der Waals surface area contributed by atoms with Crippen molar-refractivity contribution in [3.05, 3.63) is 29.8 Å². The lowest BCUT2D eigenvalue weighted by Gasteiger charge is -2.25. The van der Waals surface area contributed by atoms with Gasteiger partial charge in [0, 0.05) is 18.3 Å². The molecular weight excluding hydrogens is 292 g/mol. The lowest BCUT2D eigenvalue weighted by Crippen LogP contribution is -2.48. The van der Waals surface area contributed by atoms with Crippen molar-refractivity contribution >= 4 is 17.6 Å². The van der Waals surface area contributed by atoms with Gasteiger partial charge in [0.25, 0.3) is 0 Å². The highest BCUT2D eigenvalue weighted by molar-refractivity contribution is 5.89. The molecule has 0 unspecified atom stereocenters. The Balaban J connectivity index is 2.51. The Bertz CT molecular complexity index is 533. The maximum absolute atomic E-state index is 12.0. The van der Waals surface area contributed by atoms with Gasteiger partial charge in [-0.15, -0.1) is 0 Å². The second-order valence-corrected chi connectivity index (χ2v) is 7.01. The van der Waals surface area contributed by atoms with Gasteiger partial charge in [0.1, 0.15) is 0 Å². The summed E-state index contributed by atoms with van der Waals surface area (Å²) in [5.41, 5.74) is 7.27. The number of carbonyl (C=O) groups is 2. The molecule has 6 nitrogen and oxygen atoms in total. The summed E-state index contributed by atoms with van der Waals surface area (Å²) < 4.78 is 0. The smallest absolute Gasteiger partial charge is 0.319 e. The zero-order valence-electron chi connectivity index (χ0n) is 14.6. The second kappa shape index (κ2) is 7.97. The van der Waals surface area contributed by atoms with Crippen molar-refractivity contribution in [1.82, 2.24) is 10.6 Å². The number of carbonyl (C=O) groups excluding carboxylic acids is 2. The van der Waals surface area contributed by atoms with Crippen LogP contribution in [-0.4, -0.2) is 24.0 Å². The minimum atomic E-state index is -0.553. The van der Waals surface area contributed by atoms with Crippen LogP contribution in [0.5, 0.6) is 0 Å². The third kappa shape index (κ3) is 6.69. The van der Waals surface area contributed by atoms with Crippen LogP contribution in [0.4, 0.5) is 10.5 Å². The fourth-order valence-electron chi connectivity index (χ4n) is 1.83. The first kappa shape index (κ1) is 19.0. The molecule has 0 aliphatic rings. The van der Waals surface area contributed by atoms with E-state index >= 15 is 0 Å². The summed E-state index contributed by atoms with van der Waals surface area (Å²) >= 11 is 0. The first-order valence-corrected chi connectivity index (χ1v) is 7.79. The molecule has 0 heterocycles. The quantitative estimate of drug-likeness (QED) is 0.669. The van der Waals surface area contributed by atoms with E-state index in [1.807, 2.05) is 46.8 Å². The number of hydrogen-bond donors (Lipinski definition) is 4. The van der Waals surface area contributed by atoms with Crippen LogP contribution in [0.1, 0.15) is 40.2 Å². The van der Waals surface area contributed by atoms with Crippen LogP contribution in [0.2, 0.25) is 0 Å². The molecule has 0 saturated carbocycles. The Morgan fingerprint density at radius 2 is 1.70 bits per heavy atom. The van der Waals surface area contributed by atoms with Crippen molar-refractivity contribution in [2.24, 2.45) is 11.1 Å². The van der Waals surface area contributed by atoms with E-state index in [0.717, 1.165) is 5.56 Å². The second-order valence-electron chi connectivity index (χ2n) is 7.01. The highest BCUT2D eigenvalue weighted by Crippen LogP contribution is 2.17. The molecular formula is C17H28N4O2. The fraction of sp³-hybridized carbons (Fsp3) is 0.529. The SMILES string of the molecule is CC(C)NC(=O)Nc1ccc(CNC(=O)[C@@H](N)C(C)(C)C)cc1. The summed E-state index contributed by atoms with van der Waals surface area (Å²) in [4.78, 5) is 23.6. The third-order valence-corrected chi connectivity index (χ3v) is 3.31. The average molecular weight is 320 g/mol. The van der Waals surface area contributed by atoms with Gasteiger partial charge in [0.2, 0.25) is 5.91 Å². The van der Waals surface area contributed by atoms with E-state index in [0.29, 0.717) is 12.2 Å². The predicted octanol–water partition coefficient (Wildman–Crippen LogP) is 2.21. The Labute approximate surface area is 138 Å². The zero-order chi connectivity index (χ0) is 17.6. The van der Waals surface area contributed by atoms with Crippen LogP contribution in [0.15, 0.2) is 24.3 Å². The van der Waals surface area contributed by atoms with Gasteiger partial charge in [-0.1, -0.05) is 32.9 Å². The third-order valence-electron chi connectivity index (χ3n) is 3.31. The maximum atomic E-state index is 12.0. The first-order chi connectivity index (χ1) is 10.6.